The molecule has 4 heterocycles. The minimum absolute atomic E-state index is 0.134. The highest BCUT2D eigenvalue weighted by Crippen LogP contribution is 2.23. The Kier molecular flexibility index (Phi) is 6.81. The van der Waals surface area contributed by atoms with Gasteiger partial charge in [-0.1, -0.05) is 13.8 Å². The van der Waals surface area contributed by atoms with Crippen LogP contribution in [0.3, 0.4) is 0 Å². The zero-order chi connectivity index (χ0) is 19.9. The van der Waals surface area contributed by atoms with E-state index in [2.05, 4.69) is 20.6 Å². The third kappa shape index (κ3) is 4.78. The summed E-state index contributed by atoms with van der Waals surface area (Å²) in [6.07, 6.45) is 9.79. The van der Waals surface area contributed by atoms with Crippen LogP contribution < -0.4 is 15.4 Å². The van der Waals surface area contributed by atoms with Gasteiger partial charge < -0.3 is 15.4 Å². The zero-order valence-corrected chi connectivity index (χ0v) is 17.1. The van der Waals surface area contributed by atoms with Crippen LogP contribution >= 0.6 is 0 Å². The van der Waals surface area contributed by atoms with E-state index >= 15 is 0 Å². The summed E-state index contributed by atoms with van der Waals surface area (Å²) in [5.41, 5.74) is 2.53. The standard InChI is InChI=1S/C19H24N6O.C2H6/c1-13(2)26-15-5-7-25-17(11-22-19(25)8-15)16-10-21-12-18(24-16)23-14-4-3-6-20-9-14;1-2/h5,7-8,10-14,20H,3-4,6,9H2,1-2H3,(H,23,24);1-2H3. The summed E-state index contributed by atoms with van der Waals surface area (Å²) >= 11 is 0. The van der Waals surface area contributed by atoms with Gasteiger partial charge >= 0.3 is 0 Å². The number of fused-ring (bicyclic) bond motifs is 1. The summed E-state index contributed by atoms with van der Waals surface area (Å²) in [5, 5.41) is 6.88. The fraction of sp³-hybridized carbons (Fsp3) is 0.476. The number of nitrogens with zero attached hydrogens (tertiary/aromatic N) is 4. The van der Waals surface area contributed by atoms with E-state index in [0.717, 1.165) is 48.1 Å². The first kappa shape index (κ1) is 20.1. The Morgan fingerprint density at radius 3 is 2.86 bits per heavy atom. The Labute approximate surface area is 166 Å². The van der Waals surface area contributed by atoms with E-state index in [4.69, 9.17) is 9.72 Å². The predicted molar refractivity (Wildman–Crippen MR) is 113 cm³/mol. The van der Waals surface area contributed by atoms with Crippen LogP contribution in [0.4, 0.5) is 5.82 Å². The number of pyridine rings is 1. The van der Waals surface area contributed by atoms with Crippen LogP contribution in [0, 0.1) is 0 Å². The molecule has 0 saturated carbocycles. The molecular weight excluding hydrogens is 352 g/mol. The highest BCUT2D eigenvalue weighted by Gasteiger charge is 2.14. The molecule has 1 unspecified atom stereocenters. The Morgan fingerprint density at radius 2 is 2.11 bits per heavy atom. The molecule has 0 aromatic carbocycles. The second-order valence-corrected chi connectivity index (χ2v) is 6.88. The molecule has 2 N–H and O–H groups in total. The third-order valence-electron chi connectivity index (χ3n) is 4.40. The van der Waals surface area contributed by atoms with Crippen LogP contribution in [0.25, 0.3) is 17.0 Å². The molecule has 7 nitrogen and oxygen atoms in total. The lowest BCUT2D eigenvalue weighted by atomic mass is 10.1. The lowest BCUT2D eigenvalue weighted by Gasteiger charge is -2.24. The normalized spacial score (nSPS) is 16.5. The second-order valence-electron chi connectivity index (χ2n) is 6.88. The van der Waals surface area contributed by atoms with E-state index in [1.54, 1.807) is 12.4 Å². The number of piperidine rings is 1. The highest BCUT2D eigenvalue weighted by atomic mass is 16.5. The molecular formula is C21H30N6O. The maximum absolute atomic E-state index is 5.74. The lowest BCUT2D eigenvalue weighted by Crippen LogP contribution is -2.38. The molecule has 28 heavy (non-hydrogen) atoms. The molecule has 4 rings (SSSR count). The van der Waals surface area contributed by atoms with Crippen molar-refractivity contribution in [3.05, 3.63) is 36.9 Å². The molecule has 0 aliphatic carbocycles. The first-order valence-electron chi connectivity index (χ1n) is 10.1. The van der Waals surface area contributed by atoms with E-state index in [-0.39, 0.29) is 6.10 Å². The number of imidazole rings is 1. The lowest BCUT2D eigenvalue weighted by molar-refractivity contribution is 0.242. The maximum Gasteiger partial charge on any atom is 0.145 e. The first-order valence-corrected chi connectivity index (χ1v) is 10.1. The van der Waals surface area contributed by atoms with E-state index in [9.17, 15) is 0 Å². The van der Waals surface area contributed by atoms with Crippen LogP contribution in [0.5, 0.6) is 5.75 Å². The number of rotatable bonds is 5. The van der Waals surface area contributed by atoms with Gasteiger partial charge in [-0.25, -0.2) is 9.97 Å². The van der Waals surface area contributed by atoms with Gasteiger partial charge in [-0.15, -0.1) is 0 Å². The Balaban J connectivity index is 0.00000109. The fourth-order valence-electron chi connectivity index (χ4n) is 3.24. The van der Waals surface area contributed by atoms with Gasteiger partial charge in [-0.05, 0) is 39.3 Å². The van der Waals surface area contributed by atoms with Crippen LogP contribution in [0.2, 0.25) is 0 Å². The van der Waals surface area contributed by atoms with E-state index in [0.29, 0.717) is 6.04 Å². The number of nitrogens with one attached hydrogen (secondary N) is 2. The van der Waals surface area contributed by atoms with Gasteiger partial charge in [-0.3, -0.25) is 9.38 Å². The number of ether oxygens (including phenoxy) is 1. The van der Waals surface area contributed by atoms with Gasteiger partial charge in [0.05, 0.1) is 30.4 Å². The van der Waals surface area contributed by atoms with Gasteiger partial charge in [0.1, 0.15) is 22.9 Å². The van der Waals surface area contributed by atoms with Gasteiger partial charge in [0.15, 0.2) is 0 Å². The number of hydrogen-bond acceptors (Lipinski definition) is 6. The van der Waals surface area contributed by atoms with Crippen molar-refractivity contribution >= 4 is 11.5 Å². The number of anilines is 1. The Bertz CT molecular complexity index is 885. The topological polar surface area (TPSA) is 76.4 Å². The van der Waals surface area contributed by atoms with Crippen molar-refractivity contribution in [1.82, 2.24) is 24.7 Å². The van der Waals surface area contributed by atoms with Gasteiger partial charge in [0.2, 0.25) is 0 Å². The molecule has 1 aliphatic rings. The molecule has 3 aromatic heterocycles. The molecule has 0 amide bonds. The summed E-state index contributed by atoms with van der Waals surface area (Å²) in [6, 6.07) is 4.28. The molecule has 0 spiro atoms. The molecule has 0 radical (unpaired) electrons. The Hall–Kier alpha value is -2.67. The highest BCUT2D eigenvalue weighted by molar-refractivity contribution is 5.61. The molecule has 1 atom stereocenters. The van der Waals surface area contributed by atoms with Crippen molar-refractivity contribution < 1.29 is 4.74 Å². The van der Waals surface area contributed by atoms with Gasteiger partial charge in [0, 0.05) is 24.8 Å². The monoisotopic (exact) mass is 382 g/mol. The average Bonchev–Trinajstić information content (AvgIpc) is 3.13. The minimum atomic E-state index is 0.134. The fourth-order valence-corrected chi connectivity index (χ4v) is 3.24. The number of hydrogen-bond donors (Lipinski definition) is 2. The molecule has 3 aromatic rings. The number of aromatic nitrogens is 4. The summed E-state index contributed by atoms with van der Waals surface area (Å²) in [5.74, 6) is 1.61. The molecule has 1 fully saturated rings. The van der Waals surface area contributed by atoms with Crippen LogP contribution in [0.15, 0.2) is 36.9 Å². The maximum atomic E-state index is 5.74. The molecule has 150 valence electrons. The SMILES string of the molecule is CC.CC(C)Oc1ccn2c(-c3cncc(NC4CCCNC4)n3)cnc2c1. The van der Waals surface area contributed by atoms with E-state index < -0.39 is 0 Å². The molecule has 7 heteroatoms. The van der Waals surface area contributed by atoms with Crippen LogP contribution in [-0.2, 0) is 0 Å². The van der Waals surface area contributed by atoms with Crippen molar-refractivity contribution in [2.45, 2.75) is 52.7 Å². The Morgan fingerprint density at radius 1 is 1.25 bits per heavy atom. The van der Waals surface area contributed by atoms with E-state index in [1.807, 2.05) is 56.6 Å². The third-order valence-corrected chi connectivity index (χ3v) is 4.40. The summed E-state index contributed by atoms with van der Waals surface area (Å²) in [6.45, 7) is 10.1. The molecule has 1 saturated heterocycles. The van der Waals surface area contributed by atoms with Crippen LogP contribution in [0.1, 0.15) is 40.5 Å². The van der Waals surface area contributed by atoms with Gasteiger partial charge in [-0.2, -0.15) is 0 Å². The van der Waals surface area contributed by atoms with Crippen molar-refractivity contribution in [1.29, 1.82) is 0 Å². The summed E-state index contributed by atoms with van der Waals surface area (Å²) in [4.78, 5) is 13.6. The zero-order valence-electron chi connectivity index (χ0n) is 17.1. The molecule has 1 aliphatic heterocycles. The average molecular weight is 383 g/mol. The summed E-state index contributed by atoms with van der Waals surface area (Å²) in [7, 11) is 0. The largest absolute Gasteiger partial charge is 0.491 e. The first-order chi connectivity index (χ1) is 13.7. The molecule has 0 bridgehead atoms. The van der Waals surface area contributed by atoms with Gasteiger partial charge in [0.25, 0.3) is 0 Å². The van der Waals surface area contributed by atoms with Crippen molar-refractivity contribution in [2.75, 3.05) is 18.4 Å². The van der Waals surface area contributed by atoms with E-state index in [1.165, 1.54) is 6.42 Å². The van der Waals surface area contributed by atoms with Crippen molar-refractivity contribution in [3.63, 3.8) is 0 Å². The van der Waals surface area contributed by atoms with Crippen molar-refractivity contribution in [2.24, 2.45) is 0 Å². The second kappa shape index (κ2) is 9.50. The quantitative estimate of drug-likeness (QED) is 0.700. The minimum Gasteiger partial charge on any atom is -0.491 e. The van der Waals surface area contributed by atoms with Crippen LogP contribution in [-0.4, -0.2) is 44.6 Å². The smallest absolute Gasteiger partial charge is 0.145 e. The van der Waals surface area contributed by atoms with Crippen molar-refractivity contribution in [3.8, 4) is 17.1 Å². The predicted octanol–water partition coefficient (Wildman–Crippen LogP) is 3.77. The summed E-state index contributed by atoms with van der Waals surface area (Å²) < 4.78 is 7.75.